The van der Waals surface area contributed by atoms with Gasteiger partial charge in [0.1, 0.15) is 0 Å². The Bertz CT molecular complexity index is 364. The van der Waals surface area contributed by atoms with Crippen molar-refractivity contribution in [3.05, 3.63) is 27.7 Å². The maximum Gasteiger partial charge on any atom is 0.264 e. The van der Waals surface area contributed by atoms with E-state index in [2.05, 4.69) is 17.1 Å². The first-order chi connectivity index (χ1) is 6.81. The topological polar surface area (TPSA) is 45.8 Å². The summed E-state index contributed by atoms with van der Waals surface area (Å²) < 4.78 is 0. The molecule has 1 aromatic heterocycles. The average molecular weight is 192 g/mol. The van der Waals surface area contributed by atoms with Gasteiger partial charge in [-0.2, -0.15) is 5.10 Å². The lowest BCUT2D eigenvalue weighted by Gasteiger charge is -2.11. The van der Waals surface area contributed by atoms with Gasteiger partial charge >= 0.3 is 0 Å². The number of H-pyrrole nitrogens is 1. The molecule has 0 atom stereocenters. The van der Waals surface area contributed by atoms with Gasteiger partial charge in [0.2, 0.25) is 0 Å². The number of hydrogen-bond acceptors (Lipinski definition) is 2. The molecule has 0 bridgehead atoms. The summed E-state index contributed by atoms with van der Waals surface area (Å²) in [6.45, 7) is 2.08. The number of nitrogens with one attached hydrogen (secondary N) is 1. The predicted molar refractivity (Wildman–Crippen MR) is 55.4 cm³/mol. The predicted octanol–water partition coefficient (Wildman–Crippen LogP) is 1.99. The fraction of sp³-hybridized carbons (Fsp3) is 0.636. The molecular weight excluding hydrogens is 176 g/mol. The van der Waals surface area contributed by atoms with Crippen LogP contribution in [0, 0.1) is 0 Å². The third-order valence-corrected chi connectivity index (χ3v) is 3.04. The highest BCUT2D eigenvalue weighted by atomic mass is 16.1. The average Bonchev–Trinajstić information content (AvgIpc) is 2.70. The highest BCUT2D eigenvalue weighted by molar-refractivity contribution is 5.21. The Morgan fingerprint density at radius 3 is 2.86 bits per heavy atom. The van der Waals surface area contributed by atoms with Crippen LogP contribution < -0.4 is 5.56 Å². The fourth-order valence-electron chi connectivity index (χ4n) is 2.29. The maximum atomic E-state index is 11.1. The number of hydrogen-bond donors (Lipinski definition) is 1. The summed E-state index contributed by atoms with van der Waals surface area (Å²) in [7, 11) is 0. The molecule has 1 fully saturated rings. The van der Waals surface area contributed by atoms with E-state index in [4.69, 9.17) is 0 Å². The van der Waals surface area contributed by atoms with Crippen LogP contribution in [0.5, 0.6) is 0 Å². The van der Waals surface area contributed by atoms with Crippen molar-refractivity contribution in [2.24, 2.45) is 0 Å². The van der Waals surface area contributed by atoms with Crippen LogP contribution in [0.25, 0.3) is 0 Å². The van der Waals surface area contributed by atoms with Crippen LogP contribution in [-0.4, -0.2) is 10.2 Å². The number of nitrogens with zero attached hydrogens (tertiary/aromatic N) is 1. The lowest BCUT2D eigenvalue weighted by atomic mass is 9.98. The van der Waals surface area contributed by atoms with E-state index < -0.39 is 0 Å². The van der Waals surface area contributed by atoms with Gasteiger partial charge in [-0.25, -0.2) is 5.10 Å². The fourth-order valence-corrected chi connectivity index (χ4v) is 2.29. The van der Waals surface area contributed by atoms with Crippen molar-refractivity contribution in [3.63, 3.8) is 0 Å². The van der Waals surface area contributed by atoms with Gasteiger partial charge in [-0.1, -0.05) is 19.8 Å². The monoisotopic (exact) mass is 192 g/mol. The molecule has 1 aromatic rings. The first-order valence-electron chi connectivity index (χ1n) is 5.39. The van der Waals surface area contributed by atoms with E-state index in [1.165, 1.54) is 25.7 Å². The summed E-state index contributed by atoms with van der Waals surface area (Å²) in [6, 6.07) is 1.70. The molecule has 76 valence electrons. The molecule has 0 spiro atoms. The maximum absolute atomic E-state index is 11.1. The van der Waals surface area contributed by atoms with Gasteiger partial charge in [0.05, 0.1) is 5.69 Å². The summed E-state index contributed by atoms with van der Waals surface area (Å²) in [4.78, 5) is 11.1. The van der Waals surface area contributed by atoms with E-state index in [1.807, 2.05) is 0 Å². The first kappa shape index (κ1) is 9.44. The molecule has 1 aliphatic rings. The van der Waals surface area contributed by atoms with E-state index in [0.717, 1.165) is 17.7 Å². The smallest absolute Gasteiger partial charge is 0.264 e. The molecule has 3 nitrogen and oxygen atoms in total. The summed E-state index contributed by atoms with van der Waals surface area (Å²) >= 11 is 0. The van der Waals surface area contributed by atoms with E-state index in [1.54, 1.807) is 6.07 Å². The highest BCUT2D eigenvalue weighted by Crippen LogP contribution is 2.33. The van der Waals surface area contributed by atoms with Crippen LogP contribution in [0.4, 0.5) is 0 Å². The van der Waals surface area contributed by atoms with Crippen LogP contribution in [0.15, 0.2) is 10.9 Å². The van der Waals surface area contributed by atoms with Gasteiger partial charge in [-0.15, -0.1) is 0 Å². The molecule has 0 amide bonds. The Balaban J connectivity index is 2.35. The van der Waals surface area contributed by atoms with Crippen LogP contribution in [0.2, 0.25) is 0 Å². The summed E-state index contributed by atoms with van der Waals surface area (Å²) in [5.74, 6) is 0.585. The molecule has 3 heteroatoms. The zero-order chi connectivity index (χ0) is 9.97. The summed E-state index contributed by atoms with van der Waals surface area (Å²) in [5.41, 5.74) is 2.17. The molecule has 1 aliphatic carbocycles. The van der Waals surface area contributed by atoms with Crippen molar-refractivity contribution < 1.29 is 0 Å². The SMILES string of the molecule is CCc1cc(=O)[nH]nc1C1CCCC1. The van der Waals surface area contributed by atoms with Crippen LogP contribution in [0.3, 0.4) is 0 Å². The van der Waals surface area contributed by atoms with Gasteiger partial charge in [0.15, 0.2) is 0 Å². The minimum atomic E-state index is -0.0800. The second-order valence-corrected chi connectivity index (χ2v) is 3.98. The van der Waals surface area contributed by atoms with Gasteiger partial charge in [0.25, 0.3) is 5.56 Å². The minimum absolute atomic E-state index is 0.0800. The minimum Gasteiger partial charge on any atom is -0.268 e. The number of rotatable bonds is 2. The van der Waals surface area contributed by atoms with Gasteiger partial charge in [-0.3, -0.25) is 4.79 Å². The molecule has 1 heterocycles. The van der Waals surface area contributed by atoms with Gasteiger partial charge in [0, 0.05) is 12.0 Å². The van der Waals surface area contributed by atoms with Gasteiger partial charge < -0.3 is 0 Å². The molecule has 0 radical (unpaired) electrons. The molecule has 1 N–H and O–H groups in total. The third-order valence-electron chi connectivity index (χ3n) is 3.04. The highest BCUT2D eigenvalue weighted by Gasteiger charge is 2.20. The number of aryl methyl sites for hydroxylation is 1. The third kappa shape index (κ3) is 1.72. The zero-order valence-electron chi connectivity index (χ0n) is 8.55. The summed E-state index contributed by atoms with van der Waals surface area (Å²) in [6.07, 6.45) is 5.96. The Hall–Kier alpha value is -1.12. The molecular formula is C11H16N2O. The van der Waals surface area contributed by atoms with E-state index in [-0.39, 0.29) is 5.56 Å². The normalized spacial score (nSPS) is 17.5. The molecule has 0 aliphatic heterocycles. The van der Waals surface area contributed by atoms with Crippen LogP contribution >= 0.6 is 0 Å². The standard InChI is InChI=1S/C11H16N2O/c1-2-8-7-10(14)12-13-11(8)9-5-3-4-6-9/h7,9H,2-6H2,1H3,(H,12,14). The Labute approximate surface area is 83.5 Å². The molecule has 1 saturated carbocycles. The van der Waals surface area contributed by atoms with E-state index >= 15 is 0 Å². The number of aromatic amines is 1. The Morgan fingerprint density at radius 1 is 1.50 bits per heavy atom. The van der Waals surface area contributed by atoms with E-state index in [0.29, 0.717) is 5.92 Å². The molecule has 0 aromatic carbocycles. The van der Waals surface area contributed by atoms with Crippen molar-refractivity contribution in [2.75, 3.05) is 0 Å². The second kappa shape index (κ2) is 3.95. The van der Waals surface area contributed by atoms with Crippen LogP contribution in [-0.2, 0) is 6.42 Å². The Morgan fingerprint density at radius 2 is 2.21 bits per heavy atom. The van der Waals surface area contributed by atoms with Crippen molar-refractivity contribution in [1.82, 2.24) is 10.2 Å². The Kier molecular flexibility index (Phi) is 2.66. The molecule has 0 saturated heterocycles. The zero-order valence-corrected chi connectivity index (χ0v) is 8.55. The quantitative estimate of drug-likeness (QED) is 0.778. The largest absolute Gasteiger partial charge is 0.268 e. The summed E-state index contributed by atoms with van der Waals surface area (Å²) in [5, 5.41) is 6.74. The van der Waals surface area contributed by atoms with Crippen molar-refractivity contribution in [2.45, 2.75) is 44.9 Å². The molecule has 0 unspecified atom stereocenters. The number of aromatic nitrogens is 2. The van der Waals surface area contributed by atoms with Crippen molar-refractivity contribution in [3.8, 4) is 0 Å². The molecule has 14 heavy (non-hydrogen) atoms. The van der Waals surface area contributed by atoms with Gasteiger partial charge in [-0.05, 0) is 24.8 Å². The second-order valence-electron chi connectivity index (χ2n) is 3.98. The van der Waals surface area contributed by atoms with Crippen molar-refractivity contribution >= 4 is 0 Å². The lowest BCUT2D eigenvalue weighted by Crippen LogP contribution is -2.13. The molecule has 2 rings (SSSR count). The van der Waals surface area contributed by atoms with Crippen molar-refractivity contribution in [1.29, 1.82) is 0 Å². The van der Waals surface area contributed by atoms with Crippen LogP contribution in [0.1, 0.15) is 49.8 Å². The first-order valence-corrected chi connectivity index (χ1v) is 5.39. The van der Waals surface area contributed by atoms with E-state index in [9.17, 15) is 4.79 Å². The lowest BCUT2D eigenvalue weighted by molar-refractivity contribution is 0.664.